The van der Waals surface area contributed by atoms with Crippen LogP contribution in [0.1, 0.15) is 27.3 Å². The van der Waals surface area contributed by atoms with Crippen LogP contribution in [0, 0.1) is 6.92 Å². The number of furan rings is 1. The van der Waals surface area contributed by atoms with Crippen molar-refractivity contribution in [1.82, 2.24) is 24.6 Å². The first-order chi connectivity index (χ1) is 15.5. The van der Waals surface area contributed by atoms with Crippen LogP contribution in [0.15, 0.2) is 51.6 Å². The molecule has 0 saturated heterocycles. The number of nitrogens with zero attached hydrogens (tertiary/aromatic N) is 4. The highest BCUT2D eigenvalue weighted by atomic mass is 79.9. The van der Waals surface area contributed by atoms with Gasteiger partial charge in [0.1, 0.15) is 5.69 Å². The molecule has 0 unspecified atom stereocenters. The zero-order valence-electron chi connectivity index (χ0n) is 17.6. The first-order valence-electron chi connectivity index (χ1n) is 10.5. The van der Waals surface area contributed by atoms with E-state index >= 15 is 0 Å². The maximum atomic E-state index is 13.8. The van der Waals surface area contributed by atoms with Crippen LogP contribution in [-0.2, 0) is 20.0 Å². The lowest BCUT2D eigenvalue weighted by molar-refractivity contribution is 0.0737. The normalized spacial score (nSPS) is 13.8. The number of nitrogens with one attached hydrogen (secondary N) is 1. The fraction of sp³-hybridized carbons (Fsp3) is 0.208. The molecule has 0 fully saturated rings. The van der Waals surface area contributed by atoms with E-state index in [9.17, 15) is 4.79 Å². The van der Waals surface area contributed by atoms with Crippen LogP contribution in [0.3, 0.4) is 0 Å². The lowest BCUT2D eigenvalue weighted by atomic mass is 10.0. The Bertz CT molecular complexity index is 1510. The van der Waals surface area contributed by atoms with Gasteiger partial charge in [-0.1, -0.05) is 12.1 Å². The molecule has 4 aromatic heterocycles. The minimum atomic E-state index is -0.0173. The number of benzene rings is 1. The first kappa shape index (κ1) is 19.3. The van der Waals surface area contributed by atoms with E-state index in [0.29, 0.717) is 35.8 Å². The first-order valence-corrected chi connectivity index (χ1v) is 11.3. The maximum absolute atomic E-state index is 13.8. The third-order valence-corrected chi connectivity index (χ3v) is 6.88. The number of rotatable bonds is 2. The number of para-hydroxylation sites is 1. The van der Waals surface area contributed by atoms with Gasteiger partial charge < -0.3 is 14.3 Å². The topological polar surface area (TPSA) is 79.9 Å². The molecule has 0 saturated carbocycles. The van der Waals surface area contributed by atoms with Crippen molar-refractivity contribution in [2.24, 2.45) is 7.05 Å². The second-order valence-electron chi connectivity index (χ2n) is 8.16. The van der Waals surface area contributed by atoms with Crippen molar-refractivity contribution in [2.45, 2.75) is 19.9 Å². The Kier molecular flexibility index (Phi) is 4.26. The third kappa shape index (κ3) is 2.82. The van der Waals surface area contributed by atoms with Gasteiger partial charge in [0.2, 0.25) is 0 Å². The Hall–Kier alpha value is -3.39. The number of aryl methyl sites for hydroxylation is 2. The summed E-state index contributed by atoms with van der Waals surface area (Å²) in [6.07, 6.45) is 2.39. The smallest absolute Gasteiger partial charge is 0.255 e. The molecule has 0 bridgehead atoms. The summed E-state index contributed by atoms with van der Waals surface area (Å²) in [6.45, 7) is 3.12. The van der Waals surface area contributed by atoms with Gasteiger partial charge in [-0.2, -0.15) is 5.10 Å². The van der Waals surface area contributed by atoms with E-state index in [2.05, 4.69) is 32.1 Å². The average Bonchev–Trinajstić information content (AvgIpc) is 3.52. The van der Waals surface area contributed by atoms with E-state index < -0.39 is 0 Å². The quantitative estimate of drug-likeness (QED) is 0.379. The minimum absolute atomic E-state index is 0.0173. The third-order valence-electron chi connectivity index (χ3n) is 6.22. The van der Waals surface area contributed by atoms with Crippen molar-refractivity contribution in [1.29, 1.82) is 0 Å². The van der Waals surface area contributed by atoms with Crippen LogP contribution < -0.4 is 0 Å². The van der Waals surface area contributed by atoms with Gasteiger partial charge in [-0.05, 0) is 47.1 Å². The average molecular weight is 490 g/mol. The van der Waals surface area contributed by atoms with Gasteiger partial charge in [0.15, 0.2) is 11.4 Å². The number of carbonyl (C=O) groups excluding carboxylic acids is 1. The highest BCUT2D eigenvalue weighted by Gasteiger charge is 2.28. The number of aromatic amines is 1. The SMILES string of the molecule is Cc1nn(C)c2nc(-c3ccco3)cc(C(=O)N3CCc4[nH]c5c(Br)cccc5c4C3)c12. The number of aromatic nitrogens is 4. The molecule has 160 valence electrons. The standard InChI is InChI=1S/C24H20BrN5O2/c1-13-21-15(11-19(20-7-4-10-32-20)27-23(21)29(2)28-13)24(31)30-9-8-18-16(12-30)14-5-3-6-17(25)22(14)26-18/h3-7,10-11,26H,8-9,12H2,1-2H3. The molecule has 0 atom stereocenters. The fourth-order valence-electron chi connectivity index (χ4n) is 4.71. The van der Waals surface area contributed by atoms with Gasteiger partial charge in [-0.3, -0.25) is 9.48 Å². The van der Waals surface area contributed by atoms with E-state index in [1.54, 1.807) is 10.9 Å². The number of amides is 1. The van der Waals surface area contributed by atoms with Crippen molar-refractivity contribution in [3.63, 3.8) is 0 Å². The molecule has 0 spiro atoms. The monoisotopic (exact) mass is 489 g/mol. The molecule has 1 aliphatic rings. The van der Waals surface area contributed by atoms with E-state index in [-0.39, 0.29) is 5.91 Å². The Labute approximate surface area is 192 Å². The Morgan fingerprint density at radius 2 is 2.12 bits per heavy atom. The fourth-order valence-corrected chi connectivity index (χ4v) is 5.18. The summed E-state index contributed by atoms with van der Waals surface area (Å²) in [6, 6.07) is 11.7. The van der Waals surface area contributed by atoms with E-state index in [1.807, 2.05) is 49.2 Å². The van der Waals surface area contributed by atoms with Gasteiger partial charge in [-0.25, -0.2) is 4.98 Å². The Morgan fingerprint density at radius 1 is 1.25 bits per heavy atom. The highest BCUT2D eigenvalue weighted by Crippen LogP contribution is 2.33. The Morgan fingerprint density at radius 3 is 2.94 bits per heavy atom. The summed E-state index contributed by atoms with van der Waals surface area (Å²) in [4.78, 5) is 24.0. The molecule has 32 heavy (non-hydrogen) atoms. The summed E-state index contributed by atoms with van der Waals surface area (Å²) in [7, 11) is 1.85. The molecule has 5 aromatic rings. The summed E-state index contributed by atoms with van der Waals surface area (Å²) in [5.41, 5.74) is 6.16. The summed E-state index contributed by atoms with van der Waals surface area (Å²) in [5.74, 6) is 0.610. The molecular formula is C24H20BrN5O2. The molecule has 1 aromatic carbocycles. The summed E-state index contributed by atoms with van der Waals surface area (Å²) >= 11 is 3.63. The minimum Gasteiger partial charge on any atom is -0.463 e. The number of H-pyrrole nitrogens is 1. The van der Waals surface area contributed by atoms with Gasteiger partial charge in [0.05, 0.1) is 28.4 Å². The second kappa shape index (κ2) is 7.06. The zero-order chi connectivity index (χ0) is 22.0. The number of hydrogen-bond acceptors (Lipinski definition) is 4. The molecule has 0 radical (unpaired) electrons. The molecule has 6 rings (SSSR count). The van der Waals surface area contributed by atoms with Crippen LogP contribution in [0.5, 0.6) is 0 Å². The van der Waals surface area contributed by atoms with Crippen LogP contribution in [-0.4, -0.2) is 37.1 Å². The Balaban J connectivity index is 1.46. The number of carbonyl (C=O) groups is 1. The lowest BCUT2D eigenvalue weighted by Crippen LogP contribution is -2.36. The molecule has 0 aliphatic carbocycles. The van der Waals surface area contributed by atoms with Crippen molar-refractivity contribution in [3.05, 3.63) is 69.6 Å². The van der Waals surface area contributed by atoms with E-state index in [0.717, 1.165) is 32.9 Å². The van der Waals surface area contributed by atoms with Crippen LogP contribution in [0.4, 0.5) is 0 Å². The molecule has 1 amide bonds. The predicted octanol–water partition coefficient (Wildman–Crippen LogP) is 4.98. The van der Waals surface area contributed by atoms with Crippen molar-refractivity contribution >= 4 is 43.8 Å². The van der Waals surface area contributed by atoms with Gasteiger partial charge in [-0.15, -0.1) is 0 Å². The van der Waals surface area contributed by atoms with Crippen molar-refractivity contribution in [3.8, 4) is 11.5 Å². The van der Waals surface area contributed by atoms with E-state index in [1.165, 1.54) is 11.3 Å². The van der Waals surface area contributed by atoms with Crippen LogP contribution in [0.2, 0.25) is 0 Å². The number of pyridine rings is 1. The van der Waals surface area contributed by atoms with Gasteiger partial charge in [0, 0.05) is 47.7 Å². The van der Waals surface area contributed by atoms with Gasteiger partial charge >= 0.3 is 0 Å². The molecule has 7 nitrogen and oxygen atoms in total. The maximum Gasteiger partial charge on any atom is 0.255 e. The molecular weight excluding hydrogens is 470 g/mol. The number of hydrogen-bond donors (Lipinski definition) is 1. The number of fused-ring (bicyclic) bond motifs is 4. The van der Waals surface area contributed by atoms with Crippen LogP contribution in [0.25, 0.3) is 33.4 Å². The second-order valence-corrected chi connectivity index (χ2v) is 9.02. The van der Waals surface area contributed by atoms with Gasteiger partial charge in [0.25, 0.3) is 5.91 Å². The number of halogens is 1. The van der Waals surface area contributed by atoms with E-state index in [4.69, 9.17) is 9.40 Å². The molecule has 5 heterocycles. The lowest BCUT2D eigenvalue weighted by Gasteiger charge is -2.27. The van der Waals surface area contributed by atoms with Crippen molar-refractivity contribution < 1.29 is 9.21 Å². The molecule has 1 N–H and O–H groups in total. The predicted molar refractivity (Wildman–Crippen MR) is 125 cm³/mol. The zero-order valence-corrected chi connectivity index (χ0v) is 19.2. The summed E-state index contributed by atoms with van der Waals surface area (Å²) < 4.78 is 8.32. The summed E-state index contributed by atoms with van der Waals surface area (Å²) in [5, 5.41) is 6.47. The van der Waals surface area contributed by atoms with Crippen LogP contribution >= 0.6 is 15.9 Å². The van der Waals surface area contributed by atoms with Crippen molar-refractivity contribution in [2.75, 3.05) is 6.54 Å². The molecule has 1 aliphatic heterocycles. The highest BCUT2D eigenvalue weighted by molar-refractivity contribution is 9.10. The molecule has 8 heteroatoms. The largest absolute Gasteiger partial charge is 0.463 e.